The van der Waals surface area contributed by atoms with E-state index in [0.717, 1.165) is 19.7 Å². The molecule has 3 heteroatoms. The maximum Gasteiger partial charge on any atom is 0.0936 e. The molecule has 0 aromatic rings. The molecule has 1 rings (SSSR count). The van der Waals surface area contributed by atoms with Gasteiger partial charge in [-0.15, -0.1) is 0 Å². The summed E-state index contributed by atoms with van der Waals surface area (Å²) in [5, 5.41) is 8.44. The van der Waals surface area contributed by atoms with E-state index in [-0.39, 0.29) is 0 Å². The van der Waals surface area contributed by atoms with Crippen molar-refractivity contribution in [1.29, 1.82) is 5.26 Å². The highest BCUT2D eigenvalue weighted by atomic mass is 16.6. The number of hydrogen-bond donors (Lipinski definition) is 0. The van der Waals surface area contributed by atoms with E-state index < -0.39 is 0 Å². The maximum atomic E-state index is 8.44. The molecule has 0 amide bonds. The van der Waals surface area contributed by atoms with E-state index in [4.69, 9.17) is 10.00 Å². The molecule has 12 heavy (non-hydrogen) atoms. The number of nitriles is 1. The molecule has 0 bridgehead atoms. The first kappa shape index (κ1) is 9.50. The summed E-state index contributed by atoms with van der Waals surface area (Å²) in [4.78, 5) is 2.29. The van der Waals surface area contributed by atoms with E-state index in [2.05, 4.69) is 24.8 Å². The molecule has 0 aliphatic carbocycles. The molecular weight excluding hydrogens is 152 g/mol. The predicted octanol–water partition coefficient (Wildman–Crippen LogP) is 1.01. The highest BCUT2D eigenvalue weighted by Gasteiger charge is 2.26. The number of rotatable bonds is 5. The van der Waals surface area contributed by atoms with Crippen LogP contribution in [0.1, 0.15) is 20.3 Å². The van der Waals surface area contributed by atoms with Crippen molar-refractivity contribution in [2.24, 2.45) is 0 Å². The van der Waals surface area contributed by atoms with Gasteiger partial charge in [-0.1, -0.05) is 0 Å². The fourth-order valence-electron chi connectivity index (χ4n) is 1.19. The summed E-state index contributed by atoms with van der Waals surface area (Å²) in [5.41, 5.74) is 0. The lowest BCUT2D eigenvalue weighted by molar-refractivity contribution is 0.203. The van der Waals surface area contributed by atoms with Gasteiger partial charge in [0.25, 0.3) is 0 Å². The molecule has 1 unspecified atom stereocenters. The van der Waals surface area contributed by atoms with Crippen molar-refractivity contribution < 1.29 is 4.74 Å². The Kier molecular flexibility index (Phi) is 3.51. The quantitative estimate of drug-likeness (QED) is 0.575. The smallest absolute Gasteiger partial charge is 0.0936 e. The van der Waals surface area contributed by atoms with Gasteiger partial charge >= 0.3 is 0 Å². The molecule has 1 heterocycles. The molecule has 0 aromatic carbocycles. The molecule has 3 nitrogen and oxygen atoms in total. The Morgan fingerprint density at radius 3 is 2.75 bits per heavy atom. The highest BCUT2D eigenvalue weighted by molar-refractivity contribution is 4.79. The predicted molar refractivity (Wildman–Crippen MR) is 46.7 cm³/mol. The van der Waals surface area contributed by atoms with Crippen molar-refractivity contribution in [2.45, 2.75) is 32.4 Å². The Balaban J connectivity index is 2.22. The first-order chi connectivity index (χ1) is 5.74. The van der Waals surface area contributed by atoms with Crippen LogP contribution in [0.3, 0.4) is 0 Å². The van der Waals surface area contributed by atoms with E-state index in [0.29, 0.717) is 18.6 Å². The van der Waals surface area contributed by atoms with Gasteiger partial charge in [0, 0.05) is 25.6 Å². The number of ether oxygens (including phenoxy) is 1. The molecular formula is C9H16N2O. The van der Waals surface area contributed by atoms with Crippen LogP contribution in [0.15, 0.2) is 0 Å². The Labute approximate surface area is 73.9 Å². The normalized spacial score (nSPS) is 21.4. The molecule has 0 radical (unpaired) electrons. The molecule has 1 saturated heterocycles. The van der Waals surface area contributed by atoms with Gasteiger partial charge < -0.3 is 4.74 Å². The number of hydrogen-bond acceptors (Lipinski definition) is 3. The van der Waals surface area contributed by atoms with Gasteiger partial charge in [-0.2, -0.15) is 5.26 Å². The van der Waals surface area contributed by atoms with Crippen LogP contribution in [0.5, 0.6) is 0 Å². The third kappa shape index (κ3) is 3.21. The molecule has 1 aliphatic rings. The Bertz CT molecular complexity index is 170. The van der Waals surface area contributed by atoms with Crippen LogP contribution < -0.4 is 0 Å². The summed E-state index contributed by atoms with van der Waals surface area (Å²) in [5.74, 6) is 0. The average Bonchev–Trinajstić information content (AvgIpc) is 2.80. The average molecular weight is 168 g/mol. The molecule has 0 spiro atoms. The van der Waals surface area contributed by atoms with Crippen LogP contribution in [-0.4, -0.2) is 36.7 Å². The number of nitrogens with zero attached hydrogens (tertiary/aromatic N) is 2. The highest BCUT2D eigenvalue weighted by Crippen LogP contribution is 2.12. The van der Waals surface area contributed by atoms with Crippen molar-refractivity contribution in [3.05, 3.63) is 0 Å². The molecule has 1 fully saturated rings. The van der Waals surface area contributed by atoms with Crippen LogP contribution in [0.4, 0.5) is 0 Å². The van der Waals surface area contributed by atoms with Gasteiger partial charge in [-0.3, -0.25) is 4.90 Å². The van der Waals surface area contributed by atoms with Crippen molar-refractivity contribution in [3.8, 4) is 6.07 Å². The second kappa shape index (κ2) is 4.44. The monoisotopic (exact) mass is 168 g/mol. The Hall–Kier alpha value is -0.590. The molecule has 0 N–H and O–H groups in total. The van der Waals surface area contributed by atoms with E-state index in [1.165, 1.54) is 0 Å². The van der Waals surface area contributed by atoms with Crippen molar-refractivity contribution >= 4 is 0 Å². The van der Waals surface area contributed by atoms with Crippen LogP contribution in [0.2, 0.25) is 0 Å². The second-order valence-corrected chi connectivity index (χ2v) is 3.45. The second-order valence-electron chi connectivity index (χ2n) is 3.45. The summed E-state index contributed by atoms with van der Waals surface area (Å²) >= 11 is 0. The maximum absolute atomic E-state index is 8.44. The van der Waals surface area contributed by atoms with Gasteiger partial charge in [0.15, 0.2) is 0 Å². The van der Waals surface area contributed by atoms with Crippen molar-refractivity contribution in [2.75, 3.05) is 19.7 Å². The molecule has 68 valence electrons. The van der Waals surface area contributed by atoms with Gasteiger partial charge in [-0.05, 0) is 13.8 Å². The van der Waals surface area contributed by atoms with Crippen molar-refractivity contribution in [1.82, 2.24) is 4.90 Å². The number of epoxide rings is 1. The van der Waals surface area contributed by atoms with E-state index >= 15 is 0 Å². The van der Waals surface area contributed by atoms with Crippen LogP contribution >= 0.6 is 0 Å². The lowest BCUT2D eigenvalue weighted by Crippen LogP contribution is -2.34. The van der Waals surface area contributed by atoms with E-state index in [1.54, 1.807) is 0 Å². The summed E-state index contributed by atoms with van der Waals surface area (Å²) in [6.07, 6.45) is 1.05. The fourth-order valence-corrected chi connectivity index (χ4v) is 1.19. The zero-order valence-electron chi connectivity index (χ0n) is 7.79. The minimum Gasteiger partial charge on any atom is -0.372 e. The molecule has 1 aliphatic heterocycles. The summed E-state index contributed by atoms with van der Waals surface area (Å²) in [6.45, 7) is 7.06. The lowest BCUT2D eigenvalue weighted by atomic mass is 10.2. The topological polar surface area (TPSA) is 39.6 Å². The molecule has 0 aromatic heterocycles. The zero-order chi connectivity index (χ0) is 8.97. The van der Waals surface area contributed by atoms with Crippen molar-refractivity contribution in [3.63, 3.8) is 0 Å². The van der Waals surface area contributed by atoms with Gasteiger partial charge in [-0.25, -0.2) is 0 Å². The Morgan fingerprint density at radius 2 is 2.33 bits per heavy atom. The molecule has 1 atom stereocenters. The summed E-state index contributed by atoms with van der Waals surface area (Å²) in [7, 11) is 0. The van der Waals surface area contributed by atoms with Crippen LogP contribution in [0.25, 0.3) is 0 Å². The first-order valence-corrected chi connectivity index (χ1v) is 4.46. The third-order valence-electron chi connectivity index (χ3n) is 2.08. The third-order valence-corrected chi connectivity index (χ3v) is 2.08. The summed E-state index contributed by atoms with van der Waals surface area (Å²) < 4.78 is 5.14. The minimum atomic E-state index is 0.436. The molecule has 0 saturated carbocycles. The van der Waals surface area contributed by atoms with E-state index in [9.17, 15) is 0 Å². The lowest BCUT2D eigenvalue weighted by Gasteiger charge is -2.24. The van der Waals surface area contributed by atoms with Crippen LogP contribution in [0, 0.1) is 11.3 Å². The standard InChI is InChI=1S/C9H16N2O/c1-8(2)11(5-3-4-10)6-9-7-12-9/h8-9H,3,5-7H2,1-2H3. The van der Waals surface area contributed by atoms with Gasteiger partial charge in [0.2, 0.25) is 0 Å². The summed E-state index contributed by atoms with van der Waals surface area (Å²) in [6, 6.07) is 2.68. The SMILES string of the molecule is CC(C)N(CCC#N)CC1CO1. The van der Waals surface area contributed by atoms with Gasteiger partial charge in [0.05, 0.1) is 18.8 Å². The van der Waals surface area contributed by atoms with Crippen LogP contribution in [-0.2, 0) is 4.74 Å². The zero-order valence-corrected chi connectivity index (χ0v) is 7.79. The first-order valence-electron chi connectivity index (χ1n) is 4.46. The fraction of sp³-hybridized carbons (Fsp3) is 0.889. The van der Waals surface area contributed by atoms with Gasteiger partial charge in [0.1, 0.15) is 0 Å². The minimum absolute atomic E-state index is 0.436. The Morgan fingerprint density at radius 1 is 1.67 bits per heavy atom. The largest absolute Gasteiger partial charge is 0.372 e. The van der Waals surface area contributed by atoms with E-state index in [1.807, 2.05) is 0 Å².